The predicted octanol–water partition coefficient (Wildman–Crippen LogP) is 3.42. The van der Waals surface area contributed by atoms with Gasteiger partial charge in [0.1, 0.15) is 11.6 Å². The lowest BCUT2D eigenvalue weighted by atomic mass is 10.1. The Labute approximate surface area is 161 Å². The number of carbonyl (C=O) groups excluding carboxylic acids is 1. The molecular formula is C20H20FN3O4. The zero-order valence-corrected chi connectivity index (χ0v) is 15.7. The van der Waals surface area contributed by atoms with E-state index in [2.05, 4.69) is 15.5 Å². The van der Waals surface area contributed by atoms with Crippen molar-refractivity contribution >= 4 is 11.7 Å². The molecule has 0 bridgehead atoms. The van der Waals surface area contributed by atoms with Crippen molar-refractivity contribution in [1.29, 1.82) is 0 Å². The Morgan fingerprint density at radius 3 is 2.29 bits per heavy atom. The van der Waals surface area contributed by atoms with Gasteiger partial charge >= 0.3 is 0 Å². The SMILES string of the molecule is COc1cc(CC(=O)Nc2[nH]ncc2-c2ccc(F)cc2)cc(OC)c1OC. The molecule has 1 aromatic heterocycles. The Morgan fingerprint density at radius 1 is 1.07 bits per heavy atom. The number of ether oxygens (including phenoxy) is 3. The molecule has 28 heavy (non-hydrogen) atoms. The Kier molecular flexibility index (Phi) is 5.78. The predicted molar refractivity (Wildman–Crippen MR) is 102 cm³/mol. The molecule has 0 fully saturated rings. The van der Waals surface area contributed by atoms with E-state index in [1.54, 1.807) is 30.5 Å². The van der Waals surface area contributed by atoms with E-state index in [0.717, 1.165) is 5.56 Å². The third kappa shape index (κ3) is 4.06. The lowest BCUT2D eigenvalue weighted by Crippen LogP contribution is -2.15. The van der Waals surface area contributed by atoms with Crippen LogP contribution in [0, 0.1) is 5.82 Å². The van der Waals surface area contributed by atoms with Crippen LogP contribution < -0.4 is 19.5 Å². The lowest BCUT2D eigenvalue weighted by Gasteiger charge is -2.14. The first kappa shape index (κ1) is 19.2. The van der Waals surface area contributed by atoms with Crippen molar-refractivity contribution in [2.45, 2.75) is 6.42 Å². The standard InChI is InChI=1S/C20H20FN3O4/c1-26-16-8-12(9-17(27-2)19(16)28-3)10-18(25)23-20-15(11-22-24-20)13-4-6-14(21)7-5-13/h4-9,11H,10H2,1-3H3,(H2,22,23,24,25). The monoisotopic (exact) mass is 385 g/mol. The van der Waals surface area contributed by atoms with E-state index in [1.807, 2.05) is 0 Å². The molecule has 146 valence electrons. The zero-order valence-electron chi connectivity index (χ0n) is 15.7. The normalized spacial score (nSPS) is 10.4. The van der Waals surface area contributed by atoms with E-state index in [0.29, 0.717) is 34.2 Å². The van der Waals surface area contributed by atoms with Gasteiger partial charge in [-0.05, 0) is 35.4 Å². The summed E-state index contributed by atoms with van der Waals surface area (Å²) in [5, 5.41) is 9.51. The van der Waals surface area contributed by atoms with Crippen molar-refractivity contribution in [3.8, 4) is 28.4 Å². The van der Waals surface area contributed by atoms with Gasteiger partial charge < -0.3 is 19.5 Å². The molecule has 0 aliphatic heterocycles. The summed E-state index contributed by atoms with van der Waals surface area (Å²) in [6, 6.07) is 9.38. The molecule has 1 heterocycles. The minimum atomic E-state index is -0.333. The highest BCUT2D eigenvalue weighted by Gasteiger charge is 2.16. The van der Waals surface area contributed by atoms with E-state index in [4.69, 9.17) is 14.2 Å². The van der Waals surface area contributed by atoms with Gasteiger partial charge in [0, 0.05) is 5.56 Å². The molecule has 8 heteroatoms. The third-order valence-electron chi connectivity index (χ3n) is 4.15. The number of aromatic amines is 1. The van der Waals surface area contributed by atoms with Crippen LogP contribution in [0.25, 0.3) is 11.1 Å². The topological polar surface area (TPSA) is 85.5 Å². The summed E-state index contributed by atoms with van der Waals surface area (Å²) >= 11 is 0. The second-order valence-electron chi connectivity index (χ2n) is 5.92. The molecule has 0 aliphatic carbocycles. The quantitative estimate of drug-likeness (QED) is 0.651. The molecule has 2 aromatic carbocycles. The van der Waals surface area contributed by atoms with Gasteiger partial charge in [-0.3, -0.25) is 9.89 Å². The summed E-state index contributed by atoms with van der Waals surface area (Å²) in [6.45, 7) is 0. The first-order valence-corrected chi connectivity index (χ1v) is 8.43. The summed E-state index contributed by atoms with van der Waals surface area (Å²) in [5.74, 6) is 1.24. The van der Waals surface area contributed by atoms with Crippen LogP contribution in [-0.4, -0.2) is 37.4 Å². The number of aromatic nitrogens is 2. The number of amides is 1. The Bertz CT molecular complexity index is 945. The number of halogens is 1. The maximum atomic E-state index is 13.1. The van der Waals surface area contributed by atoms with Crippen molar-refractivity contribution < 1.29 is 23.4 Å². The van der Waals surface area contributed by atoms with Crippen LogP contribution in [0.2, 0.25) is 0 Å². The third-order valence-corrected chi connectivity index (χ3v) is 4.15. The molecule has 0 aliphatic rings. The molecule has 7 nitrogen and oxygen atoms in total. The summed E-state index contributed by atoms with van der Waals surface area (Å²) in [6.07, 6.45) is 1.65. The fourth-order valence-electron chi connectivity index (χ4n) is 2.84. The molecule has 2 N–H and O–H groups in total. The average molecular weight is 385 g/mol. The van der Waals surface area contributed by atoms with Crippen molar-refractivity contribution in [2.75, 3.05) is 26.6 Å². The number of H-pyrrole nitrogens is 1. The summed E-state index contributed by atoms with van der Waals surface area (Å²) in [5.41, 5.74) is 2.09. The van der Waals surface area contributed by atoms with Crippen LogP contribution in [0.1, 0.15) is 5.56 Å². The van der Waals surface area contributed by atoms with Gasteiger partial charge in [-0.2, -0.15) is 5.10 Å². The van der Waals surface area contributed by atoms with Gasteiger partial charge in [0.05, 0.1) is 33.9 Å². The second-order valence-corrected chi connectivity index (χ2v) is 5.92. The molecule has 0 spiro atoms. The summed E-state index contributed by atoms with van der Waals surface area (Å²) < 4.78 is 29.0. The minimum Gasteiger partial charge on any atom is -0.493 e. The zero-order chi connectivity index (χ0) is 20.1. The van der Waals surface area contributed by atoms with Crippen LogP contribution in [0.3, 0.4) is 0 Å². The van der Waals surface area contributed by atoms with Crippen LogP contribution in [0.4, 0.5) is 10.2 Å². The highest BCUT2D eigenvalue weighted by atomic mass is 19.1. The van der Waals surface area contributed by atoms with E-state index >= 15 is 0 Å². The van der Waals surface area contributed by atoms with E-state index in [1.165, 1.54) is 33.5 Å². The number of rotatable bonds is 7. The van der Waals surface area contributed by atoms with Gasteiger partial charge in [0.25, 0.3) is 0 Å². The van der Waals surface area contributed by atoms with Crippen molar-refractivity contribution in [1.82, 2.24) is 10.2 Å². The molecular weight excluding hydrogens is 365 g/mol. The molecule has 0 saturated carbocycles. The van der Waals surface area contributed by atoms with Gasteiger partial charge in [-0.1, -0.05) is 12.1 Å². The number of carbonyl (C=O) groups is 1. The highest BCUT2D eigenvalue weighted by Crippen LogP contribution is 2.38. The average Bonchev–Trinajstić information content (AvgIpc) is 3.15. The molecule has 1 amide bonds. The minimum absolute atomic E-state index is 0.0819. The van der Waals surface area contributed by atoms with Crippen LogP contribution >= 0.6 is 0 Å². The fourth-order valence-corrected chi connectivity index (χ4v) is 2.84. The van der Waals surface area contributed by atoms with Crippen molar-refractivity contribution in [3.63, 3.8) is 0 Å². The number of nitrogens with one attached hydrogen (secondary N) is 2. The number of hydrogen-bond donors (Lipinski definition) is 2. The maximum Gasteiger partial charge on any atom is 0.229 e. The Hall–Kier alpha value is -3.55. The Balaban J connectivity index is 1.79. The first-order valence-electron chi connectivity index (χ1n) is 8.43. The number of hydrogen-bond acceptors (Lipinski definition) is 5. The van der Waals surface area contributed by atoms with Crippen LogP contribution in [0.15, 0.2) is 42.6 Å². The van der Waals surface area contributed by atoms with E-state index < -0.39 is 0 Å². The molecule has 0 radical (unpaired) electrons. The summed E-state index contributed by atoms with van der Waals surface area (Å²) in [4.78, 5) is 12.5. The van der Waals surface area contributed by atoms with Gasteiger partial charge in [-0.15, -0.1) is 0 Å². The van der Waals surface area contributed by atoms with Crippen molar-refractivity contribution in [3.05, 3.63) is 54.0 Å². The molecule has 3 rings (SSSR count). The molecule has 0 unspecified atom stereocenters. The number of nitrogens with zero attached hydrogens (tertiary/aromatic N) is 1. The van der Waals surface area contributed by atoms with Crippen molar-refractivity contribution in [2.24, 2.45) is 0 Å². The maximum absolute atomic E-state index is 13.1. The van der Waals surface area contributed by atoms with Gasteiger partial charge in [0.2, 0.25) is 11.7 Å². The van der Waals surface area contributed by atoms with Crippen LogP contribution in [0.5, 0.6) is 17.2 Å². The van der Waals surface area contributed by atoms with Gasteiger partial charge in [-0.25, -0.2) is 4.39 Å². The Morgan fingerprint density at radius 2 is 1.71 bits per heavy atom. The first-order chi connectivity index (χ1) is 13.5. The van der Waals surface area contributed by atoms with Gasteiger partial charge in [0.15, 0.2) is 11.5 Å². The van der Waals surface area contributed by atoms with Crippen LogP contribution in [-0.2, 0) is 11.2 Å². The highest BCUT2D eigenvalue weighted by molar-refractivity contribution is 5.95. The number of benzene rings is 2. The molecule has 0 saturated heterocycles. The smallest absolute Gasteiger partial charge is 0.229 e. The largest absolute Gasteiger partial charge is 0.493 e. The van der Waals surface area contributed by atoms with E-state index in [-0.39, 0.29) is 18.1 Å². The molecule has 0 atom stereocenters. The van der Waals surface area contributed by atoms with E-state index in [9.17, 15) is 9.18 Å². The lowest BCUT2D eigenvalue weighted by molar-refractivity contribution is -0.115. The number of anilines is 1. The number of methoxy groups -OCH3 is 3. The second kappa shape index (κ2) is 8.43. The molecule has 3 aromatic rings. The fraction of sp³-hybridized carbons (Fsp3) is 0.200. The summed E-state index contributed by atoms with van der Waals surface area (Å²) in [7, 11) is 4.55.